The lowest BCUT2D eigenvalue weighted by molar-refractivity contribution is -0.00565. The van der Waals surface area contributed by atoms with E-state index in [0.29, 0.717) is 5.41 Å². The molecule has 0 aromatic carbocycles. The van der Waals surface area contributed by atoms with Crippen molar-refractivity contribution in [2.45, 2.75) is 66.5 Å². The van der Waals surface area contributed by atoms with Crippen molar-refractivity contribution in [3.05, 3.63) is 0 Å². The molecular weight excluding hydrogens is 186 g/mol. The van der Waals surface area contributed by atoms with Crippen LogP contribution in [0.4, 0.5) is 0 Å². The zero-order chi connectivity index (χ0) is 12.3. The lowest BCUT2D eigenvalue weighted by Crippen LogP contribution is -2.45. The van der Waals surface area contributed by atoms with Crippen LogP contribution >= 0.6 is 0 Å². The van der Waals surface area contributed by atoms with Gasteiger partial charge in [-0.25, -0.2) is 0 Å². The second-order valence-corrected chi connectivity index (χ2v) is 6.79. The van der Waals surface area contributed by atoms with Gasteiger partial charge in [0.25, 0.3) is 0 Å². The summed E-state index contributed by atoms with van der Waals surface area (Å²) in [6.45, 7) is 13.3. The van der Waals surface area contributed by atoms with Crippen LogP contribution in [0.15, 0.2) is 0 Å². The summed E-state index contributed by atoms with van der Waals surface area (Å²) in [5.74, 6) is 0. The summed E-state index contributed by atoms with van der Waals surface area (Å²) in [7, 11) is 1.76. The predicted molar refractivity (Wildman–Crippen MR) is 66.9 cm³/mol. The van der Waals surface area contributed by atoms with Crippen LogP contribution in [0.5, 0.6) is 0 Å². The highest BCUT2D eigenvalue weighted by atomic mass is 16.5. The van der Waals surface area contributed by atoms with Crippen molar-refractivity contribution in [1.29, 1.82) is 0 Å². The fourth-order valence-corrected chi connectivity index (χ4v) is 1.92. The second-order valence-electron chi connectivity index (χ2n) is 6.79. The molecular formula is C13H29NO. The van der Waals surface area contributed by atoms with E-state index in [2.05, 4.69) is 41.5 Å². The van der Waals surface area contributed by atoms with Crippen molar-refractivity contribution in [2.24, 2.45) is 16.6 Å². The first-order chi connectivity index (χ1) is 6.58. The van der Waals surface area contributed by atoms with Gasteiger partial charge < -0.3 is 10.5 Å². The molecule has 2 heteroatoms. The van der Waals surface area contributed by atoms with Crippen molar-refractivity contribution in [3.8, 4) is 0 Å². The Kier molecular flexibility index (Phi) is 5.28. The van der Waals surface area contributed by atoms with Crippen molar-refractivity contribution >= 4 is 0 Å². The van der Waals surface area contributed by atoms with Gasteiger partial charge in [-0.2, -0.15) is 0 Å². The lowest BCUT2D eigenvalue weighted by atomic mass is 9.80. The van der Waals surface area contributed by atoms with Gasteiger partial charge in [-0.3, -0.25) is 0 Å². The molecule has 0 spiro atoms. The Balaban J connectivity index is 4.24. The van der Waals surface area contributed by atoms with Crippen LogP contribution in [-0.2, 0) is 4.74 Å². The SMILES string of the molecule is COC(C(N)CCC(C)(C)C)C(C)(C)C. The molecule has 0 fully saturated rings. The monoisotopic (exact) mass is 215 g/mol. The second kappa shape index (κ2) is 5.31. The molecule has 2 unspecified atom stereocenters. The molecule has 0 bridgehead atoms. The molecule has 0 rings (SSSR count). The molecule has 15 heavy (non-hydrogen) atoms. The molecule has 0 heterocycles. The molecule has 0 amide bonds. The van der Waals surface area contributed by atoms with Gasteiger partial charge in [0, 0.05) is 13.2 Å². The number of ether oxygens (including phenoxy) is 1. The molecule has 0 saturated carbocycles. The summed E-state index contributed by atoms with van der Waals surface area (Å²) in [6, 6.07) is 0.134. The highest BCUT2D eigenvalue weighted by molar-refractivity contribution is 4.84. The molecule has 2 N–H and O–H groups in total. The largest absolute Gasteiger partial charge is 0.379 e. The molecule has 2 nitrogen and oxygen atoms in total. The van der Waals surface area contributed by atoms with Gasteiger partial charge >= 0.3 is 0 Å². The summed E-state index contributed by atoms with van der Waals surface area (Å²) in [5, 5.41) is 0. The van der Waals surface area contributed by atoms with Crippen LogP contribution in [0.3, 0.4) is 0 Å². The highest BCUT2D eigenvalue weighted by Crippen LogP contribution is 2.28. The molecule has 0 aliphatic rings. The van der Waals surface area contributed by atoms with E-state index in [4.69, 9.17) is 10.5 Å². The highest BCUT2D eigenvalue weighted by Gasteiger charge is 2.30. The summed E-state index contributed by atoms with van der Waals surface area (Å²) < 4.78 is 5.52. The first-order valence-corrected chi connectivity index (χ1v) is 5.86. The van der Waals surface area contributed by atoms with Gasteiger partial charge in [-0.1, -0.05) is 41.5 Å². The Labute approximate surface area is 95.6 Å². The first kappa shape index (κ1) is 14.9. The summed E-state index contributed by atoms with van der Waals surface area (Å²) in [6.07, 6.45) is 2.31. The Bertz CT molecular complexity index is 176. The Morgan fingerprint density at radius 1 is 1.07 bits per heavy atom. The van der Waals surface area contributed by atoms with Gasteiger partial charge in [-0.15, -0.1) is 0 Å². The molecule has 92 valence electrons. The predicted octanol–water partition coefficient (Wildman–Crippen LogP) is 3.20. The molecule has 0 aromatic rings. The Morgan fingerprint density at radius 2 is 1.53 bits per heavy atom. The number of hydrogen-bond donors (Lipinski definition) is 1. The van der Waals surface area contributed by atoms with Gasteiger partial charge in [0.1, 0.15) is 0 Å². The number of hydrogen-bond acceptors (Lipinski definition) is 2. The van der Waals surface area contributed by atoms with Crippen molar-refractivity contribution in [2.75, 3.05) is 7.11 Å². The fourth-order valence-electron chi connectivity index (χ4n) is 1.92. The normalized spacial score (nSPS) is 17.6. The third kappa shape index (κ3) is 6.16. The summed E-state index contributed by atoms with van der Waals surface area (Å²) in [4.78, 5) is 0. The van der Waals surface area contributed by atoms with Crippen LogP contribution in [0, 0.1) is 10.8 Å². The van der Waals surface area contributed by atoms with Crippen molar-refractivity contribution in [3.63, 3.8) is 0 Å². The van der Waals surface area contributed by atoms with Crippen LogP contribution in [0.25, 0.3) is 0 Å². The number of rotatable bonds is 4. The minimum absolute atomic E-state index is 0.117. The third-order valence-electron chi connectivity index (χ3n) is 2.72. The van der Waals surface area contributed by atoms with E-state index in [9.17, 15) is 0 Å². The molecule has 0 radical (unpaired) electrons. The number of methoxy groups -OCH3 is 1. The molecule has 0 saturated heterocycles. The maximum atomic E-state index is 6.20. The average molecular weight is 215 g/mol. The van der Waals surface area contributed by atoms with Crippen LogP contribution in [-0.4, -0.2) is 19.3 Å². The van der Waals surface area contributed by atoms with Gasteiger partial charge in [0.15, 0.2) is 0 Å². The van der Waals surface area contributed by atoms with Crippen molar-refractivity contribution in [1.82, 2.24) is 0 Å². The van der Waals surface area contributed by atoms with Gasteiger partial charge in [-0.05, 0) is 23.7 Å². The average Bonchev–Trinajstić information content (AvgIpc) is 1.98. The van der Waals surface area contributed by atoms with Gasteiger partial charge in [0.2, 0.25) is 0 Å². The van der Waals surface area contributed by atoms with E-state index in [1.54, 1.807) is 7.11 Å². The minimum Gasteiger partial charge on any atom is -0.379 e. The molecule has 0 aromatic heterocycles. The maximum Gasteiger partial charge on any atom is 0.0770 e. The topological polar surface area (TPSA) is 35.2 Å². The number of nitrogens with two attached hydrogens (primary N) is 1. The fraction of sp³-hybridized carbons (Fsp3) is 1.00. The smallest absolute Gasteiger partial charge is 0.0770 e. The van der Waals surface area contributed by atoms with E-state index < -0.39 is 0 Å². The van der Waals surface area contributed by atoms with Crippen LogP contribution in [0.2, 0.25) is 0 Å². The van der Waals surface area contributed by atoms with E-state index in [-0.39, 0.29) is 17.6 Å². The summed E-state index contributed by atoms with van der Waals surface area (Å²) in [5.41, 5.74) is 6.67. The van der Waals surface area contributed by atoms with Crippen LogP contribution < -0.4 is 5.73 Å². The molecule has 0 aliphatic heterocycles. The maximum absolute atomic E-state index is 6.20. The van der Waals surface area contributed by atoms with Crippen molar-refractivity contribution < 1.29 is 4.74 Å². The Hall–Kier alpha value is -0.0800. The summed E-state index contributed by atoms with van der Waals surface area (Å²) >= 11 is 0. The zero-order valence-corrected chi connectivity index (χ0v) is 11.6. The van der Waals surface area contributed by atoms with E-state index in [1.165, 1.54) is 0 Å². The van der Waals surface area contributed by atoms with E-state index >= 15 is 0 Å². The van der Waals surface area contributed by atoms with E-state index in [1.807, 2.05) is 0 Å². The standard InChI is InChI=1S/C13H29NO/c1-12(2,3)9-8-10(14)11(15-7)13(4,5)6/h10-11H,8-9,14H2,1-7H3. The Morgan fingerprint density at radius 3 is 1.80 bits per heavy atom. The van der Waals surface area contributed by atoms with E-state index in [0.717, 1.165) is 12.8 Å². The zero-order valence-electron chi connectivity index (χ0n) is 11.6. The first-order valence-electron chi connectivity index (χ1n) is 5.86. The third-order valence-corrected chi connectivity index (χ3v) is 2.72. The quantitative estimate of drug-likeness (QED) is 0.781. The van der Waals surface area contributed by atoms with Gasteiger partial charge in [0.05, 0.1) is 6.10 Å². The lowest BCUT2D eigenvalue weighted by Gasteiger charge is -2.35. The molecule has 2 atom stereocenters. The molecule has 0 aliphatic carbocycles. The minimum atomic E-state index is 0.117. The van der Waals surface area contributed by atoms with Crippen LogP contribution in [0.1, 0.15) is 54.4 Å².